The molecule has 0 aliphatic carbocycles. The third kappa shape index (κ3) is 4.54. The number of hydrogen-bond acceptors (Lipinski definition) is 3. The molecule has 0 unspecified atom stereocenters. The van der Waals surface area contributed by atoms with Gasteiger partial charge in [-0.15, -0.1) is 0 Å². The number of nitrogens with zero attached hydrogens (tertiary/aromatic N) is 1. The molecule has 5 nitrogen and oxygen atoms in total. The van der Waals surface area contributed by atoms with Crippen molar-refractivity contribution in [1.82, 2.24) is 4.98 Å². The number of hydrogen-bond donors (Lipinski definition) is 2. The molecule has 130 valence electrons. The minimum atomic E-state index is -0.846. The summed E-state index contributed by atoms with van der Waals surface area (Å²) < 4.78 is 0. The topological polar surface area (TPSA) is 79.3 Å². The molecule has 26 heavy (non-hydrogen) atoms. The zero-order valence-electron chi connectivity index (χ0n) is 14.1. The summed E-state index contributed by atoms with van der Waals surface area (Å²) in [5, 5.41) is 11.6. The number of benzene rings is 2. The van der Waals surface area contributed by atoms with Crippen LogP contribution in [0, 0.1) is 0 Å². The molecule has 0 aliphatic heterocycles. The quantitative estimate of drug-likeness (QED) is 0.706. The zero-order chi connectivity index (χ0) is 18.4. The van der Waals surface area contributed by atoms with Crippen LogP contribution in [0.15, 0.2) is 72.8 Å². The molecule has 0 bridgehead atoms. The highest BCUT2D eigenvalue weighted by Crippen LogP contribution is 2.18. The number of aliphatic carboxylic acids is 1. The second-order valence-electron chi connectivity index (χ2n) is 5.82. The van der Waals surface area contributed by atoms with Crippen molar-refractivity contribution in [2.45, 2.75) is 12.8 Å². The molecule has 3 rings (SSSR count). The summed E-state index contributed by atoms with van der Waals surface area (Å²) in [6.07, 6.45) is 0.471. The smallest absolute Gasteiger partial charge is 0.303 e. The Balaban J connectivity index is 1.74. The Morgan fingerprint density at radius 3 is 2.46 bits per heavy atom. The Labute approximate surface area is 151 Å². The van der Waals surface area contributed by atoms with Crippen molar-refractivity contribution in [2.24, 2.45) is 0 Å². The fourth-order valence-corrected chi connectivity index (χ4v) is 2.58. The summed E-state index contributed by atoms with van der Waals surface area (Å²) in [4.78, 5) is 27.6. The Morgan fingerprint density at radius 1 is 0.923 bits per heavy atom. The number of carbonyl (C=O) groups is 2. The molecule has 0 aliphatic rings. The van der Waals surface area contributed by atoms with Crippen LogP contribution in [0.3, 0.4) is 0 Å². The van der Waals surface area contributed by atoms with E-state index in [0.29, 0.717) is 17.8 Å². The summed E-state index contributed by atoms with van der Waals surface area (Å²) in [5.74, 6) is -1.15. The van der Waals surface area contributed by atoms with Gasteiger partial charge in [0.15, 0.2) is 0 Å². The Bertz CT molecular complexity index is 923. The van der Waals surface area contributed by atoms with Gasteiger partial charge in [0.1, 0.15) is 5.69 Å². The number of carboxylic acids is 1. The molecular weight excluding hydrogens is 328 g/mol. The minimum absolute atomic E-state index is 0.0536. The predicted molar refractivity (Wildman–Crippen MR) is 100 cm³/mol. The number of anilines is 1. The van der Waals surface area contributed by atoms with Crippen molar-refractivity contribution in [3.05, 3.63) is 84.1 Å². The average Bonchev–Trinajstić information content (AvgIpc) is 2.67. The molecule has 0 spiro atoms. The van der Waals surface area contributed by atoms with E-state index in [2.05, 4.69) is 10.3 Å². The first kappa shape index (κ1) is 17.4. The van der Waals surface area contributed by atoms with Gasteiger partial charge < -0.3 is 10.4 Å². The van der Waals surface area contributed by atoms with Crippen LogP contribution in [0.4, 0.5) is 5.69 Å². The average molecular weight is 346 g/mol. The highest BCUT2D eigenvalue weighted by atomic mass is 16.4. The Morgan fingerprint density at radius 2 is 1.69 bits per heavy atom. The first-order valence-corrected chi connectivity index (χ1v) is 8.26. The summed E-state index contributed by atoms with van der Waals surface area (Å²) in [5.41, 5.74) is 3.47. The summed E-state index contributed by atoms with van der Waals surface area (Å²) in [7, 11) is 0. The fourth-order valence-electron chi connectivity index (χ4n) is 2.58. The molecule has 2 N–H and O–H groups in total. The van der Waals surface area contributed by atoms with E-state index in [0.717, 1.165) is 16.8 Å². The second kappa shape index (κ2) is 8.07. The number of aryl methyl sites for hydroxylation is 1. The highest BCUT2D eigenvalue weighted by Gasteiger charge is 2.10. The number of carbonyl (C=O) groups excluding carboxylic acids is 1. The van der Waals surface area contributed by atoms with Crippen LogP contribution in [0.1, 0.15) is 22.5 Å². The van der Waals surface area contributed by atoms with Gasteiger partial charge in [-0.2, -0.15) is 0 Å². The van der Waals surface area contributed by atoms with Gasteiger partial charge in [-0.25, -0.2) is 4.98 Å². The van der Waals surface area contributed by atoms with Crippen molar-refractivity contribution >= 4 is 17.6 Å². The van der Waals surface area contributed by atoms with Crippen LogP contribution in [0.5, 0.6) is 0 Å². The van der Waals surface area contributed by atoms with Crippen LogP contribution in [-0.2, 0) is 11.2 Å². The molecule has 3 aromatic rings. The maximum atomic E-state index is 12.5. The zero-order valence-corrected chi connectivity index (χ0v) is 14.1. The van der Waals surface area contributed by atoms with E-state index < -0.39 is 5.97 Å². The molecule has 0 radical (unpaired) electrons. The SMILES string of the molecule is O=C(O)CCc1cccc(NC(=O)c2cccc(-c3ccccc3)n2)c1. The number of aromatic nitrogens is 1. The number of nitrogens with one attached hydrogen (secondary N) is 1. The largest absolute Gasteiger partial charge is 0.481 e. The predicted octanol–water partition coefficient (Wildman–Crippen LogP) is 4.02. The van der Waals surface area contributed by atoms with E-state index in [-0.39, 0.29) is 12.3 Å². The van der Waals surface area contributed by atoms with Crippen LogP contribution < -0.4 is 5.32 Å². The van der Waals surface area contributed by atoms with Crippen molar-refractivity contribution in [1.29, 1.82) is 0 Å². The first-order chi connectivity index (χ1) is 12.6. The van der Waals surface area contributed by atoms with E-state index in [1.807, 2.05) is 42.5 Å². The van der Waals surface area contributed by atoms with Crippen LogP contribution in [-0.4, -0.2) is 22.0 Å². The van der Waals surface area contributed by atoms with E-state index in [1.54, 1.807) is 30.3 Å². The van der Waals surface area contributed by atoms with Crippen molar-refractivity contribution in [3.63, 3.8) is 0 Å². The van der Waals surface area contributed by atoms with E-state index in [9.17, 15) is 9.59 Å². The maximum Gasteiger partial charge on any atom is 0.303 e. The van der Waals surface area contributed by atoms with Gasteiger partial charge in [-0.1, -0.05) is 48.5 Å². The minimum Gasteiger partial charge on any atom is -0.481 e. The number of pyridine rings is 1. The molecule has 5 heteroatoms. The third-order valence-electron chi connectivity index (χ3n) is 3.86. The van der Waals surface area contributed by atoms with E-state index in [4.69, 9.17) is 5.11 Å². The standard InChI is InChI=1S/C21H18N2O3/c24-20(25)13-12-15-6-4-9-17(14-15)22-21(26)19-11-5-10-18(23-19)16-7-2-1-3-8-16/h1-11,14H,12-13H2,(H,22,26)(H,24,25). The van der Waals surface area contributed by atoms with Crippen LogP contribution in [0.2, 0.25) is 0 Å². The summed E-state index contributed by atoms with van der Waals surface area (Å²) >= 11 is 0. The molecule has 0 saturated carbocycles. The summed E-state index contributed by atoms with van der Waals surface area (Å²) in [6, 6.07) is 22.2. The third-order valence-corrected chi connectivity index (χ3v) is 3.86. The molecular formula is C21H18N2O3. The normalized spacial score (nSPS) is 10.3. The molecule has 0 saturated heterocycles. The lowest BCUT2D eigenvalue weighted by atomic mass is 10.1. The first-order valence-electron chi connectivity index (χ1n) is 8.26. The second-order valence-corrected chi connectivity index (χ2v) is 5.82. The monoisotopic (exact) mass is 346 g/mol. The number of rotatable bonds is 6. The molecule has 1 heterocycles. The highest BCUT2D eigenvalue weighted by molar-refractivity contribution is 6.03. The lowest BCUT2D eigenvalue weighted by molar-refractivity contribution is -0.136. The maximum absolute atomic E-state index is 12.5. The van der Waals surface area contributed by atoms with E-state index >= 15 is 0 Å². The molecule has 1 amide bonds. The Kier molecular flexibility index (Phi) is 5.39. The van der Waals surface area contributed by atoms with Gasteiger partial charge in [0.2, 0.25) is 0 Å². The lowest BCUT2D eigenvalue weighted by Gasteiger charge is -2.08. The van der Waals surface area contributed by atoms with Gasteiger partial charge in [0, 0.05) is 17.7 Å². The van der Waals surface area contributed by atoms with Gasteiger partial charge >= 0.3 is 5.97 Å². The van der Waals surface area contributed by atoms with E-state index in [1.165, 1.54) is 0 Å². The fraction of sp³-hybridized carbons (Fsp3) is 0.0952. The van der Waals surface area contributed by atoms with Gasteiger partial charge in [0.05, 0.1) is 5.69 Å². The number of amides is 1. The number of carboxylic acid groups (broad SMARTS) is 1. The van der Waals surface area contributed by atoms with Crippen molar-refractivity contribution in [3.8, 4) is 11.3 Å². The Hall–Kier alpha value is -3.47. The molecule has 0 atom stereocenters. The van der Waals surface area contributed by atoms with Gasteiger partial charge in [0.25, 0.3) is 5.91 Å². The lowest BCUT2D eigenvalue weighted by Crippen LogP contribution is -2.14. The molecule has 2 aromatic carbocycles. The van der Waals surface area contributed by atoms with Crippen LogP contribution in [0.25, 0.3) is 11.3 Å². The van der Waals surface area contributed by atoms with Crippen molar-refractivity contribution < 1.29 is 14.7 Å². The summed E-state index contributed by atoms with van der Waals surface area (Å²) in [6.45, 7) is 0. The van der Waals surface area contributed by atoms with Gasteiger partial charge in [-0.05, 0) is 36.2 Å². The van der Waals surface area contributed by atoms with Crippen molar-refractivity contribution in [2.75, 3.05) is 5.32 Å². The van der Waals surface area contributed by atoms with Crippen LogP contribution >= 0.6 is 0 Å². The van der Waals surface area contributed by atoms with Gasteiger partial charge in [-0.3, -0.25) is 9.59 Å². The molecule has 0 fully saturated rings. The molecule has 1 aromatic heterocycles.